The maximum Gasteiger partial charge on any atom is 0.294 e. The number of alkyl halides is 2. The second-order valence-electron chi connectivity index (χ2n) is 4.61. The molecule has 0 unspecified atom stereocenters. The molecule has 3 rings (SSSR count). The minimum atomic E-state index is -2.77. The molecule has 21 heavy (non-hydrogen) atoms. The summed E-state index contributed by atoms with van der Waals surface area (Å²) in [6.07, 6.45) is -0.238. The van der Waals surface area contributed by atoms with Gasteiger partial charge in [0.15, 0.2) is 5.16 Å². The molecule has 0 aliphatic rings. The van der Waals surface area contributed by atoms with Crippen LogP contribution in [0.3, 0.4) is 0 Å². The predicted octanol–water partition coefficient (Wildman–Crippen LogP) is 2.71. The number of fused-ring (bicyclic) bond motifs is 3. The van der Waals surface area contributed by atoms with Crippen LogP contribution in [0.15, 0.2) is 34.2 Å². The summed E-state index contributed by atoms with van der Waals surface area (Å²) < 4.78 is 28.3. The molecule has 0 aliphatic carbocycles. The van der Waals surface area contributed by atoms with E-state index in [0.29, 0.717) is 16.2 Å². The Morgan fingerprint density at radius 1 is 1.33 bits per heavy atom. The molecule has 1 N–H and O–H groups in total. The molecule has 0 saturated carbocycles. The molecule has 0 spiro atoms. The fraction of sp³-hybridized carbons (Fsp3) is 0.308. The molecule has 5 nitrogen and oxygen atoms in total. The van der Waals surface area contributed by atoms with E-state index in [0.717, 1.165) is 11.8 Å². The van der Waals surface area contributed by atoms with Crippen LogP contribution in [0, 0.1) is 0 Å². The third-order valence-electron chi connectivity index (χ3n) is 3.16. The molecule has 0 bridgehead atoms. The van der Waals surface area contributed by atoms with Crippen LogP contribution >= 0.6 is 11.8 Å². The van der Waals surface area contributed by atoms with Crippen LogP contribution in [-0.2, 0) is 0 Å². The lowest BCUT2D eigenvalue weighted by Gasteiger charge is -2.12. The first kappa shape index (κ1) is 14.0. The number of benzene rings is 1. The summed E-state index contributed by atoms with van der Waals surface area (Å²) in [6, 6.07) is 7.11. The van der Waals surface area contributed by atoms with E-state index in [-0.39, 0.29) is 12.1 Å². The fourth-order valence-electron chi connectivity index (χ4n) is 1.95. The Morgan fingerprint density at radius 2 is 2.10 bits per heavy atom. The normalized spacial score (nSPS) is 12.3. The number of nitrogens with one attached hydrogen (secondary N) is 1. The highest BCUT2D eigenvalue weighted by molar-refractivity contribution is 7.99. The van der Waals surface area contributed by atoms with Gasteiger partial charge in [0.2, 0.25) is 5.65 Å². The monoisotopic (exact) mass is 310 g/mol. The second-order valence-corrected chi connectivity index (χ2v) is 5.55. The lowest BCUT2D eigenvalue weighted by Crippen LogP contribution is -2.18. The minimum Gasteiger partial charge on any atom is -0.317 e. The lowest BCUT2D eigenvalue weighted by molar-refractivity contribution is 0.0235. The molecule has 0 atom stereocenters. The van der Waals surface area contributed by atoms with Crippen molar-refractivity contribution in [1.82, 2.24) is 19.6 Å². The average molecular weight is 310 g/mol. The summed E-state index contributed by atoms with van der Waals surface area (Å²) in [7, 11) is 0. The predicted molar refractivity (Wildman–Crippen MR) is 77.1 cm³/mol. The zero-order valence-electron chi connectivity index (χ0n) is 11.1. The Kier molecular flexibility index (Phi) is 3.40. The summed E-state index contributed by atoms with van der Waals surface area (Å²) in [6.45, 7) is 1.43. The van der Waals surface area contributed by atoms with E-state index >= 15 is 0 Å². The Morgan fingerprint density at radius 3 is 2.86 bits per heavy atom. The van der Waals surface area contributed by atoms with Gasteiger partial charge in [-0.3, -0.25) is 9.20 Å². The van der Waals surface area contributed by atoms with Gasteiger partial charge in [-0.25, -0.2) is 8.78 Å². The molecular weight excluding hydrogens is 298 g/mol. The molecule has 0 radical (unpaired) electrons. The molecule has 3 aromatic rings. The van der Waals surface area contributed by atoms with Gasteiger partial charge in [0, 0.05) is 6.42 Å². The van der Waals surface area contributed by atoms with Crippen LogP contribution in [0.25, 0.3) is 16.7 Å². The van der Waals surface area contributed by atoms with Gasteiger partial charge in [-0.1, -0.05) is 30.8 Å². The Labute approximate surface area is 122 Å². The molecule has 0 aliphatic heterocycles. The van der Waals surface area contributed by atoms with E-state index in [1.54, 1.807) is 24.3 Å². The first-order valence-corrected chi connectivity index (χ1v) is 7.37. The van der Waals surface area contributed by atoms with E-state index in [4.69, 9.17) is 0 Å². The van der Waals surface area contributed by atoms with Gasteiger partial charge in [0.25, 0.3) is 11.5 Å². The van der Waals surface area contributed by atoms with Gasteiger partial charge >= 0.3 is 0 Å². The van der Waals surface area contributed by atoms with Gasteiger partial charge in [0.05, 0.1) is 16.8 Å². The topological polar surface area (TPSA) is 63.0 Å². The summed E-state index contributed by atoms with van der Waals surface area (Å²) in [5.41, 5.74) is 1.00. The summed E-state index contributed by atoms with van der Waals surface area (Å²) in [5.74, 6) is -3.17. The molecule has 0 fully saturated rings. The number of H-pyrrole nitrogens is 1. The SMILES string of the molecule is CCC(F)(F)CSc1nnc2c(=O)[nH]c3ccccc3n12. The van der Waals surface area contributed by atoms with Crippen molar-refractivity contribution in [1.29, 1.82) is 0 Å². The largest absolute Gasteiger partial charge is 0.317 e. The Bertz CT molecular complexity index is 858. The number of aromatic nitrogens is 4. The highest BCUT2D eigenvalue weighted by Gasteiger charge is 2.27. The van der Waals surface area contributed by atoms with Crippen molar-refractivity contribution < 1.29 is 8.78 Å². The van der Waals surface area contributed by atoms with E-state index < -0.39 is 17.2 Å². The summed E-state index contributed by atoms with van der Waals surface area (Å²) >= 11 is 0.898. The lowest BCUT2D eigenvalue weighted by atomic mass is 10.3. The zero-order valence-corrected chi connectivity index (χ0v) is 12.0. The Hall–Kier alpha value is -1.96. The standard InChI is InChI=1S/C13H12F2N4OS/c1-2-13(14,15)7-21-12-18-17-10-11(20)16-8-5-3-4-6-9(8)19(10)12/h3-6H,2,7H2,1H3,(H,16,20). The van der Waals surface area contributed by atoms with Crippen molar-refractivity contribution in [2.75, 3.05) is 5.75 Å². The number of rotatable bonds is 4. The van der Waals surface area contributed by atoms with Crippen molar-refractivity contribution in [3.05, 3.63) is 34.6 Å². The van der Waals surface area contributed by atoms with E-state index in [1.807, 2.05) is 0 Å². The summed E-state index contributed by atoms with van der Waals surface area (Å²) in [4.78, 5) is 14.6. The molecule has 1 aromatic carbocycles. The number of hydrogen-bond donors (Lipinski definition) is 1. The quantitative estimate of drug-likeness (QED) is 0.753. The Balaban J connectivity index is 2.14. The van der Waals surface area contributed by atoms with Crippen molar-refractivity contribution in [3.8, 4) is 0 Å². The van der Waals surface area contributed by atoms with Gasteiger partial charge in [-0.2, -0.15) is 0 Å². The van der Waals surface area contributed by atoms with Gasteiger partial charge < -0.3 is 4.98 Å². The first-order chi connectivity index (χ1) is 10.0. The van der Waals surface area contributed by atoms with E-state index in [9.17, 15) is 13.6 Å². The molecular formula is C13H12F2N4OS. The van der Waals surface area contributed by atoms with Crippen LogP contribution in [0.2, 0.25) is 0 Å². The number of aromatic amines is 1. The molecule has 2 heterocycles. The average Bonchev–Trinajstić information content (AvgIpc) is 2.90. The number of halogens is 2. The molecule has 0 saturated heterocycles. The molecule has 2 aromatic heterocycles. The van der Waals surface area contributed by atoms with Gasteiger partial charge in [-0.15, -0.1) is 10.2 Å². The van der Waals surface area contributed by atoms with Crippen molar-refractivity contribution in [2.45, 2.75) is 24.4 Å². The number of para-hydroxylation sites is 2. The fourth-order valence-corrected chi connectivity index (χ4v) is 2.91. The third-order valence-corrected chi connectivity index (χ3v) is 4.25. The smallest absolute Gasteiger partial charge is 0.294 e. The molecule has 110 valence electrons. The van der Waals surface area contributed by atoms with E-state index in [1.165, 1.54) is 11.3 Å². The highest BCUT2D eigenvalue weighted by atomic mass is 32.2. The van der Waals surface area contributed by atoms with Crippen molar-refractivity contribution >= 4 is 28.4 Å². The third kappa shape index (κ3) is 2.51. The number of hydrogen-bond acceptors (Lipinski definition) is 4. The maximum absolute atomic E-state index is 13.4. The second kappa shape index (κ2) is 5.10. The number of nitrogens with zero attached hydrogens (tertiary/aromatic N) is 3. The first-order valence-electron chi connectivity index (χ1n) is 6.38. The summed E-state index contributed by atoms with van der Waals surface area (Å²) in [5, 5.41) is 7.96. The van der Waals surface area contributed by atoms with Gasteiger partial charge in [-0.05, 0) is 12.1 Å². The van der Waals surface area contributed by atoms with Crippen molar-refractivity contribution in [2.24, 2.45) is 0 Å². The van der Waals surface area contributed by atoms with Crippen molar-refractivity contribution in [3.63, 3.8) is 0 Å². The zero-order chi connectivity index (χ0) is 15.0. The van der Waals surface area contributed by atoms with Crippen LogP contribution in [0.1, 0.15) is 13.3 Å². The van der Waals surface area contributed by atoms with Crippen LogP contribution in [0.4, 0.5) is 8.78 Å². The molecule has 8 heteroatoms. The van der Waals surface area contributed by atoms with Crippen LogP contribution in [-0.4, -0.2) is 31.3 Å². The maximum atomic E-state index is 13.4. The minimum absolute atomic E-state index is 0.107. The van der Waals surface area contributed by atoms with Crippen LogP contribution < -0.4 is 5.56 Å². The van der Waals surface area contributed by atoms with Crippen LogP contribution in [0.5, 0.6) is 0 Å². The van der Waals surface area contributed by atoms with E-state index in [2.05, 4.69) is 15.2 Å². The highest BCUT2D eigenvalue weighted by Crippen LogP contribution is 2.28. The van der Waals surface area contributed by atoms with Gasteiger partial charge in [0.1, 0.15) is 0 Å². The molecule has 0 amide bonds. The number of thioether (sulfide) groups is 1.